The van der Waals surface area contributed by atoms with E-state index in [-0.39, 0.29) is 5.78 Å². The van der Waals surface area contributed by atoms with Crippen LogP contribution in [-0.4, -0.2) is 11.8 Å². The summed E-state index contributed by atoms with van der Waals surface area (Å²) < 4.78 is 5.36. The van der Waals surface area contributed by atoms with Crippen molar-refractivity contribution in [3.63, 3.8) is 0 Å². The summed E-state index contributed by atoms with van der Waals surface area (Å²) in [5.74, 6) is -0.207. The van der Waals surface area contributed by atoms with Crippen molar-refractivity contribution in [2.45, 2.75) is 0 Å². The van der Waals surface area contributed by atoms with Crippen LogP contribution in [-0.2, 0) is 0 Å². The zero-order chi connectivity index (χ0) is 22.3. The Bertz CT molecular complexity index is 1260. The average Bonchev–Trinajstić information content (AvgIpc) is 2.84. The van der Waals surface area contributed by atoms with Crippen LogP contribution in [0.4, 0.5) is 0 Å². The van der Waals surface area contributed by atoms with E-state index in [2.05, 4.69) is 0 Å². The number of ketones is 1. The summed E-state index contributed by atoms with van der Waals surface area (Å²) in [5.41, 5.74) is 3.91. The number of halogens is 1. The molecule has 0 saturated heterocycles. The van der Waals surface area contributed by atoms with E-state index in [9.17, 15) is 9.59 Å². The third-order valence-corrected chi connectivity index (χ3v) is 5.22. The summed E-state index contributed by atoms with van der Waals surface area (Å²) in [4.78, 5) is 24.7. The highest BCUT2D eigenvalue weighted by Crippen LogP contribution is 2.21. The standard InChI is InChI=1S/C28H19ClO3/c29-26-9-5-4-8-25(26)28(31)32-24-17-10-20(11-18-24)12-19-27(30)23-15-13-22(14-16-23)21-6-2-1-3-7-21/h1-19H/b19-12+. The van der Waals surface area contributed by atoms with E-state index in [1.807, 2.05) is 54.6 Å². The lowest BCUT2D eigenvalue weighted by Crippen LogP contribution is -2.08. The van der Waals surface area contributed by atoms with E-state index in [0.29, 0.717) is 21.9 Å². The van der Waals surface area contributed by atoms with Gasteiger partial charge in [0.25, 0.3) is 0 Å². The largest absolute Gasteiger partial charge is 0.423 e. The minimum absolute atomic E-state index is 0.0844. The van der Waals surface area contributed by atoms with Gasteiger partial charge < -0.3 is 4.74 Å². The van der Waals surface area contributed by atoms with Gasteiger partial charge >= 0.3 is 5.97 Å². The van der Waals surface area contributed by atoms with Gasteiger partial charge in [-0.05, 0) is 47.0 Å². The second kappa shape index (κ2) is 9.90. The molecule has 0 aliphatic rings. The van der Waals surface area contributed by atoms with Gasteiger partial charge in [-0.25, -0.2) is 4.79 Å². The molecule has 0 saturated carbocycles. The molecule has 4 heteroatoms. The number of hydrogen-bond donors (Lipinski definition) is 0. The van der Waals surface area contributed by atoms with Crippen LogP contribution in [0, 0.1) is 0 Å². The summed E-state index contributed by atoms with van der Waals surface area (Å²) >= 11 is 6.03. The molecule has 32 heavy (non-hydrogen) atoms. The Kier molecular flexibility index (Phi) is 6.59. The number of ether oxygens (including phenoxy) is 1. The van der Waals surface area contributed by atoms with Crippen LogP contribution in [0.1, 0.15) is 26.3 Å². The molecule has 0 aliphatic heterocycles. The Morgan fingerprint density at radius 3 is 2.00 bits per heavy atom. The number of hydrogen-bond acceptors (Lipinski definition) is 3. The zero-order valence-corrected chi connectivity index (χ0v) is 17.8. The minimum Gasteiger partial charge on any atom is -0.423 e. The van der Waals surface area contributed by atoms with Gasteiger partial charge in [-0.2, -0.15) is 0 Å². The minimum atomic E-state index is -0.520. The van der Waals surface area contributed by atoms with Gasteiger partial charge in [0.2, 0.25) is 0 Å². The molecule has 0 unspecified atom stereocenters. The summed E-state index contributed by atoms with van der Waals surface area (Å²) in [6.45, 7) is 0. The second-order valence-corrected chi connectivity index (χ2v) is 7.49. The third-order valence-electron chi connectivity index (χ3n) is 4.89. The van der Waals surface area contributed by atoms with Crippen molar-refractivity contribution in [1.29, 1.82) is 0 Å². The van der Waals surface area contributed by atoms with Gasteiger partial charge in [-0.3, -0.25) is 4.79 Å². The molecular formula is C28H19ClO3. The number of carbonyl (C=O) groups is 2. The van der Waals surface area contributed by atoms with E-state index >= 15 is 0 Å². The molecule has 4 rings (SSSR count). The molecule has 3 nitrogen and oxygen atoms in total. The maximum absolute atomic E-state index is 12.5. The molecule has 0 heterocycles. The summed E-state index contributed by atoms with van der Waals surface area (Å²) in [7, 11) is 0. The van der Waals surface area contributed by atoms with Crippen LogP contribution < -0.4 is 4.74 Å². The lowest BCUT2D eigenvalue weighted by molar-refractivity contribution is 0.0734. The lowest BCUT2D eigenvalue weighted by Gasteiger charge is -2.06. The molecule has 0 N–H and O–H groups in total. The molecule has 0 spiro atoms. The first-order valence-corrected chi connectivity index (χ1v) is 10.4. The van der Waals surface area contributed by atoms with Gasteiger partial charge in [0.1, 0.15) is 5.75 Å². The van der Waals surface area contributed by atoms with Crippen molar-refractivity contribution in [2.24, 2.45) is 0 Å². The molecule has 0 atom stereocenters. The highest BCUT2D eigenvalue weighted by molar-refractivity contribution is 6.33. The fourth-order valence-electron chi connectivity index (χ4n) is 3.16. The van der Waals surface area contributed by atoms with E-state index in [1.165, 1.54) is 6.08 Å². The average molecular weight is 439 g/mol. The molecule has 0 radical (unpaired) electrons. The maximum atomic E-state index is 12.5. The molecule has 0 fully saturated rings. The first-order chi connectivity index (χ1) is 15.6. The van der Waals surface area contributed by atoms with Gasteiger partial charge in [-0.1, -0.05) is 96.5 Å². The maximum Gasteiger partial charge on any atom is 0.345 e. The second-order valence-electron chi connectivity index (χ2n) is 7.08. The van der Waals surface area contributed by atoms with Crippen molar-refractivity contribution in [2.75, 3.05) is 0 Å². The highest BCUT2D eigenvalue weighted by Gasteiger charge is 2.12. The van der Waals surface area contributed by atoms with Crippen LogP contribution in [0.5, 0.6) is 5.75 Å². The lowest BCUT2D eigenvalue weighted by atomic mass is 10.0. The molecule has 0 bridgehead atoms. The first kappa shape index (κ1) is 21.3. The summed E-state index contributed by atoms with van der Waals surface area (Å²) in [6.07, 6.45) is 3.26. The SMILES string of the molecule is O=C(/C=C/c1ccc(OC(=O)c2ccccc2Cl)cc1)c1ccc(-c2ccccc2)cc1. The molecule has 4 aromatic rings. The Labute approximate surface area is 191 Å². The van der Waals surface area contributed by atoms with E-state index in [1.54, 1.807) is 54.6 Å². The number of allylic oxidation sites excluding steroid dienone is 1. The van der Waals surface area contributed by atoms with Crippen molar-refractivity contribution < 1.29 is 14.3 Å². The van der Waals surface area contributed by atoms with Crippen LogP contribution in [0.2, 0.25) is 5.02 Å². The Hall–Kier alpha value is -3.95. The van der Waals surface area contributed by atoms with Gasteiger partial charge in [0.05, 0.1) is 10.6 Å². The molecule has 0 aromatic heterocycles. The summed E-state index contributed by atoms with van der Waals surface area (Å²) in [6, 6.07) is 31.2. The highest BCUT2D eigenvalue weighted by atomic mass is 35.5. The molecule has 4 aromatic carbocycles. The number of carbonyl (C=O) groups excluding carboxylic acids is 2. The number of esters is 1. The normalized spacial score (nSPS) is 10.8. The van der Waals surface area contributed by atoms with Crippen LogP contribution in [0.15, 0.2) is 109 Å². The molecular weight excluding hydrogens is 420 g/mol. The Morgan fingerprint density at radius 2 is 1.31 bits per heavy atom. The number of rotatable bonds is 6. The monoisotopic (exact) mass is 438 g/mol. The summed E-state index contributed by atoms with van der Waals surface area (Å²) in [5, 5.41) is 0.340. The van der Waals surface area contributed by atoms with Gasteiger partial charge in [0.15, 0.2) is 5.78 Å². The van der Waals surface area contributed by atoms with Crippen molar-refractivity contribution in [3.05, 3.63) is 131 Å². The van der Waals surface area contributed by atoms with E-state index in [4.69, 9.17) is 16.3 Å². The fourth-order valence-corrected chi connectivity index (χ4v) is 3.37. The molecule has 0 amide bonds. The topological polar surface area (TPSA) is 43.4 Å². The number of benzene rings is 4. The van der Waals surface area contributed by atoms with Crippen molar-refractivity contribution >= 4 is 29.4 Å². The Balaban J connectivity index is 1.39. The van der Waals surface area contributed by atoms with Gasteiger partial charge in [-0.15, -0.1) is 0 Å². The zero-order valence-electron chi connectivity index (χ0n) is 17.1. The third kappa shape index (κ3) is 5.20. The van der Waals surface area contributed by atoms with Gasteiger partial charge in [0, 0.05) is 5.56 Å². The predicted octanol–water partition coefficient (Wildman–Crippen LogP) is 7.12. The van der Waals surface area contributed by atoms with Crippen LogP contribution >= 0.6 is 11.6 Å². The molecule has 156 valence electrons. The quantitative estimate of drug-likeness (QED) is 0.139. The van der Waals surface area contributed by atoms with Crippen molar-refractivity contribution in [1.82, 2.24) is 0 Å². The van der Waals surface area contributed by atoms with Crippen molar-refractivity contribution in [3.8, 4) is 16.9 Å². The molecule has 0 aliphatic carbocycles. The fraction of sp³-hybridized carbons (Fsp3) is 0. The Morgan fingerprint density at radius 1 is 0.688 bits per heavy atom. The van der Waals surface area contributed by atoms with Crippen LogP contribution in [0.25, 0.3) is 17.2 Å². The van der Waals surface area contributed by atoms with E-state index < -0.39 is 5.97 Å². The predicted molar refractivity (Wildman–Crippen MR) is 128 cm³/mol. The van der Waals surface area contributed by atoms with E-state index in [0.717, 1.165) is 16.7 Å². The first-order valence-electron chi connectivity index (χ1n) is 10.0. The smallest absolute Gasteiger partial charge is 0.345 e. The van der Waals surface area contributed by atoms with Crippen LogP contribution in [0.3, 0.4) is 0 Å².